The quantitative estimate of drug-likeness (QED) is 0.505. The third-order valence-electron chi connectivity index (χ3n) is 4.32. The van der Waals surface area contributed by atoms with E-state index in [4.69, 9.17) is 11.6 Å². The van der Waals surface area contributed by atoms with Crippen molar-refractivity contribution in [2.45, 2.75) is 33.2 Å². The monoisotopic (exact) mass is 396 g/mol. The Morgan fingerprint density at radius 1 is 1.11 bits per heavy atom. The number of rotatable bonds is 6. The van der Waals surface area contributed by atoms with E-state index in [1.165, 1.54) is 4.68 Å². The summed E-state index contributed by atoms with van der Waals surface area (Å²) in [6.07, 6.45) is 1.37. The molecule has 0 bridgehead atoms. The summed E-state index contributed by atoms with van der Waals surface area (Å²) in [6.45, 7) is 4.35. The number of hydrogen-bond donors (Lipinski definition) is 1. The maximum atomic E-state index is 12.8. The number of carbonyl (C=O) groups is 1. The summed E-state index contributed by atoms with van der Waals surface area (Å²) < 4.78 is 1.33. The van der Waals surface area contributed by atoms with Gasteiger partial charge in [0, 0.05) is 17.0 Å². The number of nitrogens with zero attached hydrogens (tertiary/aromatic N) is 3. The van der Waals surface area contributed by atoms with E-state index < -0.39 is 5.91 Å². The maximum Gasteiger partial charge on any atom is 0.292 e. The van der Waals surface area contributed by atoms with E-state index in [9.17, 15) is 9.59 Å². The van der Waals surface area contributed by atoms with Gasteiger partial charge in [0.2, 0.25) is 0 Å². The SMILES string of the molecule is CCCn1nc(C(=O)N/N=C(\CC)c2ccc(Cl)cc2)c2ccccc2c1=O. The molecule has 2 aromatic carbocycles. The second-order valence-electron chi connectivity index (χ2n) is 6.28. The Balaban J connectivity index is 1.97. The van der Waals surface area contributed by atoms with E-state index in [1.807, 2.05) is 26.0 Å². The summed E-state index contributed by atoms with van der Waals surface area (Å²) in [5, 5.41) is 10.2. The minimum absolute atomic E-state index is 0.180. The van der Waals surface area contributed by atoms with Gasteiger partial charge >= 0.3 is 0 Å². The molecule has 7 heteroatoms. The second kappa shape index (κ2) is 8.80. The number of benzene rings is 2. The molecule has 1 heterocycles. The number of aromatic nitrogens is 2. The average Bonchev–Trinajstić information content (AvgIpc) is 2.71. The van der Waals surface area contributed by atoms with Gasteiger partial charge in [-0.2, -0.15) is 10.2 Å². The van der Waals surface area contributed by atoms with Crippen LogP contribution < -0.4 is 11.0 Å². The highest BCUT2D eigenvalue weighted by Gasteiger charge is 2.16. The molecule has 0 radical (unpaired) electrons. The van der Waals surface area contributed by atoms with Crippen LogP contribution in [0.3, 0.4) is 0 Å². The highest BCUT2D eigenvalue weighted by atomic mass is 35.5. The van der Waals surface area contributed by atoms with Gasteiger partial charge in [-0.1, -0.05) is 55.8 Å². The number of hydrogen-bond acceptors (Lipinski definition) is 4. The lowest BCUT2D eigenvalue weighted by atomic mass is 10.1. The Morgan fingerprint density at radius 2 is 1.79 bits per heavy atom. The molecule has 0 saturated heterocycles. The smallest absolute Gasteiger partial charge is 0.267 e. The standard InChI is InChI=1S/C21H21ClN4O2/c1-3-13-26-21(28)17-8-6-5-7-16(17)19(25-26)20(27)24-23-18(4-2)14-9-11-15(22)12-10-14/h5-12H,3-4,13H2,1-2H3,(H,24,27)/b23-18+. The van der Waals surface area contributed by atoms with E-state index in [1.54, 1.807) is 36.4 Å². The predicted octanol–water partition coefficient (Wildman–Crippen LogP) is 4.00. The van der Waals surface area contributed by atoms with Crippen molar-refractivity contribution >= 4 is 34.0 Å². The van der Waals surface area contributed by atoms with Gasteiger partial charge in [-0.3, -0.25) is 9.59 Å². The molecule has 1 amide bonds. The molecule has 0 aliphatic carbocycles. The lowest BCUT2D eigenvalue weighted by Crippen LogP contribution is -2.29. The molecule has 0 unspecified atom stereocenters. The van der Waals surface area contributed by atoms with E-state index in [0.29, 0.717) is 28.8 Å². The Bertz CT molecular complexity index is 1090. The zero-order chi connectivity index (χ0) is 20.1. The predicted molar refractivity (Wildman–Crippen MR) is 112 cm³/mol. The number of amides is 1. The highest BCUT2D eigenvalue weighted by molar-refractivity contribution is 6.30. The van der Waals surface area contributed by atoms with Gasteiger partial charge in [-0.15, -0.1) is 0 Å². The summed E-state index contributed by atoms with van der Waals surface area (Å²) >= 11 is 5.93. The zero-order valence-corrected chi connectivity index (χ0v) is 16.5. The van der Waals surface area contributed by atoms with Crippen molar-refractivity contribution in [2.24, 2.45) is 5.10 Å². The zero-order valence-electron chi connectivity index (χ0n) is 15.8. The summed E-state index contributed by atoms with van der Waals surface area (Å²) in [7, 11) is 0. The molecule has 0 aliphatic rings. The molecule has 0 aliphatic heterocycles. The number of aryl methyl sites for hydroxylation is 1. The molecule has 0 atom stereocenters. The molecule has 1 aromatic heterocycles. The number of carbonyl (C=O) groups excluding carboxylic acids is 1. The van der Waals surface area contributed by atoms with Crippen LogP contribution in [-0.4, -0.2) is 21.4 Å². The summed E-state index contributed by atoms with van der Waals surface area (Å²) in [5.41, 5.74) is 4.16. The van der Waals surface area contributed by atoms with Crippen LogP contribution in [0, 0.1) is 0 Å². The molecule has 6 nitrogen and oxygen atoms in total. The minimum atomic E-state index is -0.457. The summed E-state index contributed by atoms with van der Waals surface area (Å²) in [4.78, 5) is 25.4. The second-order valence-corrected chi connectivity index (χ2v) is 6.72. The number of nitrogens with one attached hydrogen (secondary N) is 1. The molecular weight excluding hydrogens is 376 g/mol. The van der Waals surface area contributed by atoms with Crippen LogP contribution in [0.25, 0.3) is 10.8 Å². The topological polar surface area (TPSA) is 76.3 Å². The number of halogens is 1. The Hall–Kier alpha value is -2.99. The molecule has 28 heavy (non-hydrogen) atoms. The van der Waals surface area contributed by atoms with Crippen LogP contribution in [0.2, 0.25) is 5.02 Å². The van der Waals surface area contributed by atoms with Gasteiger partial charge < -0.3 is 0 Å². The third kappa shape index (κ3) is 4.12. The van der Waals surface area contributed by atoms with Crippen molar-refractivity contribution in [1.82, 2.24) is 15.2 Å². The van der Waals surface area contributed by atoms with Gasteiger partial charge in [-0.05, 0) is 36.6 Å². The maximum absolute atomic E-state index is 12.8. The summed E-state index contributed by atoms with van der Waals surface area (Å²) in [5.74, 6) is -0.457. The van der Waals surface area contributed by atoms with Gasteiger partial charge in [0.25, 0.3) is 11.5 Å². The van der Waals surface area contributed by atoms with Crippen molar-refractivity contribution in [3.8, 4) is 0 Å². The first-order valence-electron chi connectivity index (χ1n) is 9.17. The van der Waals surface area contributed by atoms with Crippen LogP contribution in [0.15, 0.2) is 58.4 Å². The van der Waals surface area contributed by atoms with E-state index in [2.05, 4.69) is 15.6 Å². The first-order chi connectivity index (χ1) is 13.5. The largest absolute Gasteiger partial charge is 0.292 e. The van der Waals surface area contributed by atoms with Crippen molar-refractivity contribution in [1.29, 1.82) is 0 Å². The van der Waals surface area contributed by atoms with E-state index >= 15 is 0 Å². The Morgan fingerprint density at radius 3 is 2.43 bits per heavy atom. The minimum Gasteiger partial charge on any atom is -0.267 e. The molecule has 0 fully saturated rings. The van der Waals surface area contributed by atoms with Gasteiger partial charge in [-0.25, -0.2) is 10.1 Å². The lowest BCUT2D eigenvalue weighted by Gasteiger charge is -2.10. The Kier molecular flexibility index (Phi) is 6.21. The first kappa shape index (κ1) is 19.8. The normalized spacial score (nSPS) is 11.6. The lowest BCUT2D eigenvalue weighted by molar-refractivity contribution is 0.0949. The van der Waals surface area contributed by atoms with Crippen LogP contribution in [0.5, 0.6) is 0 Å². The van der Waals surface area contributed by atoms with Gasteiger partial charge in [0.05, 0.1) is 11.1 Å². The van der Waals surface area contributed by atoms with Crippen LogP contribution in [0.1, 0.15) is 42.7 Å². The van der Waals surface area contributed by atoms with Crippen LogP contribution in [0.4, 0.5) is 0 Å². The van der Waals surface area contributed by atoms with Gasteiger partial charge in [0.1, 0.15) is 0 Å². The van der Waals surface area contributed by atoms with E-state index in [-0.39, 0.29) is 11.3 Å². The first-order valence-corrected chi connectivity index (χ1v) is 9.55. The molecule has 1 N–H and O–H groups in total. The molecule has 3 aromatic rings. The molecule has 3 rings (SSSR count). The fraction of sp³-hybridized carbons (Fsp3) is 0.238. The number of fused-ring (bicyclic) bond motifs is 1. The van der Waals surface area contributed by atoms with E-state index in [0.717, 1.165) is 17.7 Å². The van der Waals surface area contributed by atoms with Crippen LogP contribution >= 0.6 is 11.6 Å². The molecule has 0 saturated carbocycles. The molecule has 144 valence electrons. The fourth-order valence-corrected chi connectivity index (χ4v) is 3.05. The van der Waals surface area contributed by atoms with Crippen LogP contribution in [-0.2, 0) is 6.54 Å². The van der Waals surface area contributed by atoms with Gasteiger partial charge in [0.15, 0.2) is 5.69 Å². The fourth-order valence-electron chi connectivity index (χ4n) is 2.93. The van der Waals surface area contributed by atoms with Crippen molar-refractivity contribution in [3.63, 3.8) is 0 Å². The molecule has 0 spiro atoms. The Labute approximate surface area is 167 Å². The average molecular weight is 397 g/mol. The number of hydrazone groups is 1. The highest BCUT2D eigenvalue weighted by Crippen LogP contribution is 2.14. The molecular formula is C21H21ClN4O2. The van der Waals surface area contributed by atoms with Crippen molar-refractivity contribution in [3.05, 3.63) is 75.2 Å². The van der Waals surface area contributed by atoms with Crippen molar-refractivity contribution in [2.75, 3.05) is 0 Å². The third-order valence-corrected chi connectivity index (χ3v) is 4.57. The van der Waals surface area contributed by atoms with Crippen molar-refractivity contribution < 1.29 is 4.79 Å². The summed E-state index contributed by atoms with van der Waals surface area (Å²) in [6, 6.07) is 14.2.